The Labute approximate surface area is 738 Å². The van der Waals surface area contributed by atoms with Crippen molar-refractivity contribution >= 4 is 72.6 Å². The number of hydrogen-bond donors (Lipinski definition) is 3. The maximum Gasteiger partial charge on any atom is 0.508 e. The van der Waals surface area contributed by atoms with Crippen LogP contribution in [0.2, 0.25) is 0 Å². The van der Waals surface area contributed by atoms with Crippen LogP contribution in [0, 0.1) is 42.4 Å². The van der Waals surface area contributed by atoms with E-state index in [1.54, 1.807) is 34.6 Å². The van der Waals surface area contributed by atoms with E-state index in [-0.39, 0.29) is 161 Å². The minimum atomic E-state index is -0.943. The zero-order valence-electron chi connectivity index (χ0n) is 79.1. The van der Waals surface area contributed by atoms with E-state index in [9.17, 15) is 71.9 Å². The molecule has 125 heavy (non-hydrogen) atoms. The Kier molecular flexibility index (Phi) is 71.9. The van der Waals surface area contributed by atoms with Crippen LogP contribution in [0.15, 0.2) is 14.4 Å². The molecule has 0 atom stereocenters. The summed E-state index contributed by atoms with van der Waals surface area (Å²) < 4.78 is 80.4. The number of hydrogen-bond acceptors (Lipinski definition) is 33. The molecule has 2 aromatic rings. The van der Waals surface area contributed by atoms with Crippen LogP contribution in [0.4, 0.5) is 28.8 Å². The van der Waals surface area contributed by atoms with Gasteiger partial charge in [0.2, 0.25) is 0 Å². The molecule has 0 aliphatic heterocycles. The quantitative estimate of drug-likeness (QED) is 0.0409. The van der Waals surface area contributed by atoms with E-state index in [1.807, 2.05) is 118 Å². The smallest absolute Gasteiger partial charge is 0.465 e. The van der Waals surface area contributed by atoms with Gasteiger partial charge in [-0.25, -0.2) is 71.8 Å². The number of nitrogens with zero attached hydrogens (tertiary/aromatic N) is 6. The first kappa shape index (κ1) is 121. The predicted octanol–water partition coefficient (Wildman–Crippen LogP) is 13.3. The first-order chi connectivity index (χ1) is 59.5. The first-order valence-electron chi connectivity index (χ1n) is 44.1. The van der Waals surface area contributed by atoms with Crippen LogP contribution in [0.3, 0.4) is 0 Å². The molecule has 0 aromatic carbocycles. The van der Waals surface area contributed by atoms with Crippen molar-refractivity contribution < 1.29 is 129 Å². The second kappa shape index (κ2) is 74.1. The maximum absolute atomic E-state index is 12.0. The van der Waals surface area contributed by atoms with Gasteiger partial charge in [0.1, 0.15) is 96.8 Å². The minimum Gasteiger partial charge on any atom is -0.465 e. The highest BCUT2D eigenvalue weighted by molar-refractivity contribution is 5.72. The molecule has 0 aliphatic rings. The van der Waals surface area contributed by atoms with Crippen molar-refractivity contribution in [3.05, 3.63) is 48.9 Å². The minimum absolute atomic E-state index is 0.0405. The molecule has 0 saturated heterocycles. The molecule has 39 nitrogen and oxygen atoms in total. The highest BCUT2D eigenvalue weighted by atomic mass is 16.7. The second-order valence-corrected chi connectivity index (χ2v) is 29.2. The van der Waals surface area contributed by atoms with Crippen molar-refractivity contribution in [2.24, 2.45) is 21.7 Å². The van der Waals surface area contributed by atoms with Gasteiger partial charge in [-0.2, -0.15) is 0 Å². The van der Waals surface area contributed by atoms with Gasteiger partial charge in [-0.3, -0.25) is 28.8 Å². The van der Waals surface area contributed by atoms with Crippen molar-refractivity contribution in [1.29, 1.82) is 0 Å². The molecule has 3 N–H and O–H groups in total. The van der Waals surface area contributed by atoms with Gasteiger partial charge in [-0.05, 0) is 124 Å². The summed E-state index contributed by atoms with van der Waals surface area (Å²) in [7, 11) is 0. The number of carbonyl (C=O) groups excluding carboxylic acids is 12. The lowest BCUT2D eigenvalue weighted by atomic mass is 9.88. The molecule has 0 aliphatic carbocycles. The molecule has 0 bridgehead atoms. The monoisotopic (exact) mass is 1790 g/mol. The normalized spacial score (nSPS) is 10.7. The van der Waals surface area contributed by atoms with E-state index in [0.29, 0.717) is 129 Å². The summed E-state index contributed by atoms with van der Waals surface area (Å²) in [6.45, 7) is 43.6. The maximum atomic E-state index is 12.0. The number of aryl methyl sites for hydroxylation is 3. The number of nitrogens with one attached hydrogen (secondary N) is 3. The van der Waals surface area contributed by atoms with Crippen LogP contribution in [-0.4, -0.2) is 220 Å². The fourth-order valence-electron chi connectivity index (χ4n) is 9.63. The van der Waals surface area contributed by atoms with Gasteiger partial charge in [-0.1, -0.05) is 125 Å². The topological polar surface area (TPSA) is 484 Å². The lowest BCUT2D eigenvalue weighted by Crippen LogP contribution is -2.54. The molecular weight excluding hydrogens is 1640 g/mol. The number of rotatable bonds is 54. The molecule has 39 heteroatoms. The highest BCUT2D eigenvalue weighted by Gasteiger charge is 2.38. The molecule has 3 amide bonds. The summed E-state index contributed by atoms with van der Waals surface area (Å²) in [4.78, 5) is 187. The van der Waals surface area contributed by atoms with Gasteiger partial charge in [0.05, 0.1) is 41.5 Å². The highest BCUT2D eigenvalue weighted by Crippen LogP contribution is 2.29. The molecule has 0 radical (unpaired) electrons. The molecule has 0 unspecified atom stereocenters. The predicted molar refractivity (Wildman–Crippen MR) is 463 cm³/mol. The summed E-state index contributed by atoms with van der Waals surface area (Å²) in [5.74, 6) is 0.477. The standard InChI is InChI=1S/C18H35N3O6.C18H32O9.C18H32O6.C15H26O6.C11H19N3O3.C6H9N3/c1-5-9-19-15(22)25-12-18(8-4,13-26-16(23)20-10-6-2)14-27-17(24)21-11-7-3;1-5-9-22-15(19)25-12-18(8-4,13-26-16(20)23-10-6-2)14-27-17(21)24-11-7-3;1-5-9-15(19)22-12-18(8-4,13-23-16(20)10-6-2)14-24-17(21)11-7-3;1-5-12(16)19-9-15(8-4,10-20-13(17)6-2)11-21-14(18)7-3;1-4-7-13-9(15)12(6-3)10(16)14(8-5-2)11(13)17;1-4-7-5(2)9-6(3)8-4/h5-14H2,1-4H3,(H,19,22)(H,20,23)(H,21,24);5-14H2,1-4H3;5-14H2,1-4H3;5-11H2,1-4H3;4-8H2,1-3H3;1-3H3. The number of ether oxygens (including phenoxy) is 15. The van der Waals surface area contributed by atoms with Crippen LogP contribution in [-0.2, 0) is 119 Å². The molecule has 0 spiro atoms. The average molecular weight is 1790 g/mol. The van der Waals surface area contributed by atoms with E-state index in [4.69, 9.17) is 71.1 Å². The van der Waals surface area contributed by atoms with E-state index in [0.717, 1.165) is 50.4 Å². The van der Waals surface area contributed by atoms with E-state index in [2.05, 4.69) is 30.9 Å². The molecule has 2 rings (SSSR count). The number of esters is 6. The van der Waals surface area contributed by atoms with Gasteiger partial charge in [0, 0.05) is 77.8 Å². The van der Waals surface area contributed by atoms with E-state index >= 15 is 0 Å². The third-order valence-electron chi connectivity index (χ3n) is 17.9. The van der Waals surface area contributed by atoms with Gasteiger partial charge in [0.15, 0.2) is 0 Å². The third-order valence-corrected chi connectivity index (χ3v) is 17.9. The summed E-state index contributed by atoms with van der Waals surface area (Å²) in [5, 5.41) is 7.84. The van der Waals surface area contributed by atoms with Crippen LogP contribution < -0.4 is 33.0 Å². The van der Waals surface area contributed by atoms with Crippen LogP contribution in [0.1, 0.15) is 284 Å². The lowest BCUT2D eigenvalue weighted by Gasteiger charge is -2.31. The number of alkyl carbamates (subject to hydrolysis) is 3. The Morgan fingerprint density at radius 1 is 0.264 bits per heavy atom. The SMILES string of the molecule is CCC(=O)OCC(CC)(COC(=O)CC)COC(=O)CC.CCCC(=O)OCC(CC)(COC(=O)CCC)COC(=O)CCC.CCCNC(=O)OCC(CC)(COC(=O)NCCC)COC(=O)NCCC.CCCOC(=O)OCC(CC)(COC(=O)OCCC)COC(=O)OCCC.CCCn1c(=O)n(CC)c(=O)n(CCC)c1=O.Cc1nc(C)nc(C)n1. The van der Waals surface area contributed by atoms with Gasteiger partial charge in [-0.15, -0.1) is 0 Å². The average Bonchev–Trinajstić information content (AvgIpc) is 0.787. The van der Waals surface area contributed by atoms with Crippen molar-refractivity contribution in [3.63, 3.8) is 0 Å². The number of amides is 3. The lowest BCUT2D eigenvalue weighted by molar-refractivity contribution is -0.164. The summed E-state index contributed by atoms with van der Waals surface area (Å²) in [6, 6.07) is 0. The Balaban J connectivity index is -0.000000717. The largest absolute Gasteiger partial charge is 0.508 e. The number of carbonyl (C=O) groups is 12. The van der Waals surface area contributed by atoms with Crippen molar-refractivity contribution in [2.75, 3.05) is 119 Å². The molecule has 722 valence electrons. The van der Waals surface area contributed by atoms with Gasteiger partial charge in [0.25, 0.3) is 0 Å². The Hall–Kier alpha value is -10.1. The Morgan fingerprint density at radius 3 is 0.672 bits per heavy atom. The third kappa shape index (κ3) is 57.9. The van der Waals surface area contributed by atoms with Gasteiger partial charge >= 0.3 is 89.6 Å². The summed E-state index contributed by atoms with van der Waals surface area (Å²) in [6.07, 6.45) is 7.46. The van der Waals surface area contributed by atoms with Crippen LogP contribution in [0.25, 0.3) is 0 Å². The molecule has 2 aromatic heterocycles. The number of aromatic nitrogens is 6. The molecular formula is C86H153N9O30. The fraction of sp³-hybridized carbons (Fsp3) is 0.791. The van der Waals surface area contributed by atoms with Crippen molar-refractivity contribution in [1.82, 2.24) is 44.6 Å². The van der Waals surface area contributed by atoms with E-state index in [1.165, 1.54) is 0 Å². The summed E-state index contributed by atoms with van der Waals surface area (Å²) >= 11 is 0. The zero-order valence-corrected chi connectivity index (χ0v) is 79.1. The molecule has 0 fully saturated rings. The van der Waals surface area contributed by atoms with E-state index < -0.39 is 75.5 Å². The van der Waals surface area contributed by atoms with Gasteiger partial charge < -0.3 is 87.0 Å². The molecule has 2 heterocycles. The Morgan fingerprint density at radius 2 is 0.480 bits per heavy atom. The van der Waals surface area contributed by atoms with Crippen LogP contribution in [0.5, 0.6) is 0 Å². The summed E-state index contributed by atoms with van der Waals surface area (Å²) in [5.41, 5.74) is -4.66. The van der Waals surface area contributed by atoms with Crippen molar-refractivity contribution in [2.45, 2.75) is 307 Å². The first-order valence-corrected chi connectivity index (χ1v) is 44.1. The Bertz CT molecular complexity index is 3170. The second-order valence-electron chi connectivity index (χ2n) is 29.2. The molecule has 0 saturated carbocycles. The zero-order chi connectivity index (χ0) is 95.7. The van der Waals surface area contributed by atoms with Crippen LogP contribution >= 0.6 is 0 Å². The fourth-order valence-corrected chi connectivity index (χ4v) is 9.63. The van der Waals surface area contributed by atoms with Crippen molar-refractivity contribution in [3.8, 4) is 0 Å².